The summed E-state index contributed by atoms with van der Waals surface area (Å²) in [6, 6.07) is 6.63. The fourth-order valence-electron chi connectivity index (χ4n) is 3.74. The van der Waals surface area contributed by atoms with Gasteiger partial charge >= 0.3 is 0 Å². The van der Waals surface area contributed by atoms with Crippen LogP contribution in [-0.2, 0) is 11.3 Å². The molecule has 2 heterocycles. The molecule has 2 aromatic rings. The molecular formula is C20H30N4O2. The molecule has 3 rings (SSSR count). The summed E-state index contributed by atoms with van der Waals surface area (Å²) in [5.41, 5.74) is 2.17. The van der Waals surface area contributed by atoms with Gasteiger partial charge in [0.15, 0.2) is 0 Å². The monoisotopic (exact) mass is 358 g/mol. The van der Waals surface area contributed by atoms with Gasteiger partial charge in [-0.3, -0.25) is 4.90 Å². The van der Waals surface area contributed by atoms with Crippen LogP contribution in [0.3, 0.4) is 0 Å². The zero-order valence-corrected chi connectivity index (χ0v) is 15.9. The maximum Gasteiger partial charge on any atom is 0.145 e. The quantitative estimate of drug-likeness (QED) is 0.707. The molecule has 1 aliphatic rings. The number of hydrogen-bond donors (Lipinski definition) is 2. The number of benzene rings is 1. The summed E-state index contributed by atoms with van der Waals surface area (Å²) in [6.45, 7) is 5.46. The van der Waals surface area contributed by atoms with E-state index in [0.717, 1.165) is 54.0 Å². The van der Waals surface area contributed by atoms with Gasteiger partial charge in [0.2, 0.25) is 0 Å². The Morgan fingerprint density at radius 3 is 3.00 bits per heavy atom. The van der Waals surface area contributed by atoms with Gasteiger partial charge in [0.25, 0.3) is 0 Å². The molecule has 1 saturated heterocycles. The summed E-state index contributed by atoms with van der Waals surface area (Å²) in [7, 11) is 1.70. The minimum absolute atomic E-state index is 0.239. The molecule has 0 bridgehead atoms. The number of nitrogens with zero attached hydrogens (tertiary/aromatic N) is 3. The number of methoxy groups -OCH3 is 1. The van der Waals surface area contributed by atoms with Crippen LogP contribution in [0.15, 0.2) is 18.2 Å². The Bertz CT molecular complexity index is 720. The summed E-state index contributed by atoms with van der Waals surface area (Å²) in [4.78, 5) is 12.1. The van der Waals surface area contributed by atoms with Gasteiger partial charge < -0.3 is 15.2 Å². The largest absolute Gasteiger partial charge is 0.396 e. The summed E-state index contributed by atoms with van der Waals surface area (Å²) in [5, 5.41) is 13.8. The van der Waals surface area contributed by atoms with Crippen molar-refractivity contribution in [2.45, 2.75) is 45.2 Å². The Kier molecular flexibility index (Phi) is 6.77. The van der Waals surface area contributed by atoms with Gasteiger partial charge in [-0.2, -0.15) is 0 Å². The summed E-state index contributed by atoms with van der Waals surface area (Å²) in [6.07, 6.45) is 4.41. The first-order chi connectivity index (χ1) is 12.7. The predicted octanol–water partition coefficient (Wildman–Crippen LogP) is 2.73. The van der Waals surface area contributed by atoms with Crippen LogP contribution in [0.2, 0.25) is 0 Å². The van der Waals surface area contributed by atoms with E-state index in [9.17, 15) is 5.11 Å². The van der Waals surface area contributed by atoms with Crippen molar-refractivity contribution < 1.29 is 9.84 Å². The first kappa shape index (κ1) is 19.0. The van der Waals surface area contributed by atoms with E-state index in [4.69, 9.17) is 14.7 Å². The molecule has 1 aromatic carbocycles. The lowest BCUT2D eigenvalue weighted by Gasteiger charge is -2.35. The maximum absolute atomic E-state index is 9.36. The molecule has 2 N–H and O–H groups in total. The molecule has 1 aliphatic heterocycles. The zero-order chi connectivity index (χ0) is 18.4. The molecule has 1 unspecified atom stereocenters. The molecule has 0 aliphatic carbocycles. The van der Waals surface area contributed by atoms with Crippen LogP contribution in [0.1, 0.15) is 37.1 Å². The van der Waals surface area contributed by atoms with Crippen LogP contribution in [0.5, 0.6) is 0 Å². The number of aliphatic hydroxyl groups excluding tert-OH is 1. The highest BCUT2D eigenvalue weighted by Crippen LogP contribution is 2.25. The molecule has 6 heteroatoms. The Labute approximate surface area is 155 Å². The Balaban J connectivity index is 1.88. The van der Waals surface area contributed by atoms with Crippen molar-refractivity contribution >= 4 is 16.7 Å². The van der Waals surface area contributed by atoms with Crippen molar-refractivity contribution in [3.63, 3.8) is 0 Å². The fourth-order valence-corrected chi connectivity index (χ4v) is 3.74. The van der Waals surface area contributed by atoms with E-state index in [0.29, 0.717) is 19.2 Å². The highest BCUT2D eigenvalue weighted by atomic mass is 16.5. The second kappa shape index (κ2) is 9.26. The SMILES string of the molecule is COCCNc1nc(CN2CCCCC2CCO)nc2c(C)cccc12. The molecule has 6 nitrogen and oxygen atoms in total. The number of hydrogen-bond acceptors (Lipinski definition) is 6. The molecule has 142 valence electrons. The van der Waals surface area contributed by atoms with Crippen molar-refractivity contribution in [2.75, 3.05) is 38.7 Å². The number of aryl methyl sites for hydroxylation is 1. The molecule has 1 aromatic heterocycles. The van der Waals surface area contributed by atoms with E-state index in [-0.39, 0.29) is 6.61 Å². The van der Waals surface area contributed by atoms with Crippen LogP contribution in [0.25, 0.3) is 10.9 Å². The highest BCUT2D eigenvalue weighted by Gasteiger charge is 2.23. The number of anilines is 1. The molecule has 1 fully saturated rings. The van der Waals surface area contributed by atoms with E-state index in [1.165, 1.54) is 12.8 Å². The number of likely N-dealkylation sites (tertiary alicyclic amines) is 1. The molecule has 1 atom stereocenters. The topological polar surface area (TPSA) is 70.5 Å². The minimum Gasteiger partial charge on any atom is -0.396 e. The zero-order valence-electron chi connectivity index (χ0n) is 15.9. The van der Waals surface area contributed by atoms with Crippen LogP contribution in [0.4, 0.5) is 5.82 Å². The maximum atomic E-state index is 9.36. The van der Waals surface area contributed by atoms with Crippen molar-refractivity contribution in [3.8, 4) is 0 Å². The van der Waals surface area contributed by atoms with Gasteiger partial charge in [0.05, 0.1) is 18.7 Å². The van der Waals surface area contributed by atoms with Crippen molar-refractivity contribution in [2.24, 2.45) is 0 Å². The lowest BCUT2D eigenvalue weighted by Crippen LogP contribution is -2.39. The van der Waals surface area contributed by atoms with E-state index >= 15 is 0 Å². The Morgan fingerprint density at radius 2 is 2.19 bits per heavy atom. The smallest absolute Gasteiger partial charge is 0.145 e. The fraction of sp³-hybridized carbons (Fsp3) is 0.600. The summed E-state index contributed by atoms with van der Waals surface area (Å²) in [5.74, 6) is 1.72. The second-order valence-corrected chi connectivity index (χ2v) is 7.01. The third-order valence-electron chi connectivity index (χ3n) is 5.13. The van der Waals surface area contributed by atoms with Crippen LogP contribution in [-0.4, -0.2) is 59.4 Å². The number of aliphatic hydroxyl groups is 1. The minimum atomic E-state index is 0.239. The number of fused-ring (bicyclic) bond motifs is 1. The molecule has 0 saturated carbocycles. The number of ether oxygens (including phenoxy) is 1. The average molecular weight is 358 g/mol. The lowest BCUT2D eigenvalue weighted by molar-refractivity contribution is 0.110. The summed E-state index contributed by atoms with van der Waals surface area (Å²) < 4.78 is 5.15. The Hall–Kier alpha value is -1.76. The average Bonchev–Trinajstić information content (AvgIpc) is 2.65. The standard InChI is InChI=1S/C20H30N4O2/c1-15-6-5-8-17-19(15)22-18(23-20(17)21-10-13-26-2)14-24-11-4-3-7-16(24)9-12-25/h5-6,8,16,25H,3-4,7,9-14H2,1-2H3,(H,21,22,23). The molecular weight excluding hydrogens is 328 g/mol. The number of aromatic nitrogens is 2. The normalized spacial score (nSPS) is 18.3. The number of para-hydroxylation sites is 1. The van der Waals surface area contributed by atoms with Crippen LogP contribution in [0, 0.1) is 6.92 Å². The van der Waals surface area contributed by atoms with Gasteiger partial charge in [-0.15, -0.1) is 0 Å². The predicted molar refractivity (Wildman–Crippen MR) is 104 cm³/mol. The van der Waals surface area contributed by atoms with Crippen LogP contribution >= 0.6 is 0 Å². The van der Waals surface area contributed by atoms with Gasteiger partial charge in [0.1, 0.15) is 11.6 Å². The van der Waals surface area contributed by atoms with Gasteiger partial charge in [0, 0.05) is 31.7 Å². The highest BCUT2D eigenvalue weighted by molar-refractivity contribution is 5.91. The van der Waals surface area contributed by atoms with E-state index < -0.39 is 0 Å². The van der Waals surface area contributed by atoms with Crippen molar-refractivity contribution in [1.82, 2.24) is 14.9 Å². The second-order valence-electron chi connectivity index (χ2n) is 7.01. The van der Waals surface area contributed by atoms with E-state index in [2.05, 4.69) is 29.3 Å². The lowest BCUT2D eigenvalue weighted by atomic mass is 9.99. The molecule has 26 heavy (non-hydrogen) atoms. The number of rotatable bonds is 8. The summed E-state index contributed by atoms with van der Waals surface area (Å²) >= 11 is 0. The van der Waals surface area contributed by atoms with Gasteiger partial charge in [-0.05, 0) is 44.4 Å². The molecule has 0 amide bonds. The third kappa shape index (κ3) is 4.50. The number of nitrogens with one attached hydrogen (secondary N) is 1. The Morgan fingerprint density at radius 1 is 1.31 bits per heavy atom. The number of piperidine rings is 1. The van der Waals surface area contributed by atoms with Gasteiger partial charge in [-0.25, -0.2) is 9.97 Å². The van der Waals surface area contributed by atoms with E-state index in [1.54, 1.807) is 7.11 Å². The molecule has 0 radical (unpaired) electrons. The van der Waals surface area contributed by atoms with E-state index in [1.807, 2.05) is 6.07 Å². The third-order valence-corrected chi connectivity index (χ3v) is 5.13. The first-order valence-corrected chi connectivity index (χ1v) is 9.57. The molecule has 0 spiro atoms. The van der Waals surface area contributed by atoms with Crippen molar-refractivity contribution in [3.05, 3.63) is 29.6 Å². The first-order valence-electron chi connectivity index (χ1n) is 9.57. The van der Waals surface area contributed by atoms with Crippen molar-refractivity contribution in [1.29, 1.82) is 0 Å². The van der Waals surface area contributed by atoms with Crippen LogP contribution < -0.4 is 5.32 Å². The van der Waals surface area contributed by atoms with Gasteiger partial charge in [-0.1, -0.05) is 18.6 Å².